The zero-order chi connectivity index (χ0) is 15.4. The van der Waals surface area contributed by atoms with E-state index in [1.165, 1.54) is 10.4 Å². The van der Waals surface area contributed by atoms with Crippen LogP contribution in [0.15, 0.2) is 34.1 Å². The second-order valence-corrected chi connectivity index (χ2v) is 7.15. The maximum atomic E-state index is 5.68. The Morgan fingerprint density at radius 3 is 2.71 bits per heavy atom. The van der Waals surface area contributed by atoms with Gasteiger partial charge in [0.2, 0.25) is 0 Å². The highest BCUT2D eigenvalue weighted by molar-refractivity contribution is 9.10. The van der Waals surface area contributed by atoms with E-state index in [0.717, 1.165) is 28.9 Å². The van der Waals surface area contributed by atoms with Crippen molar-refractivity contribution < 1.29 is 4.74 Å². The van der Waals surface area contributed by atoms with Crippen LogP contribution in [-0.4, -0.2) is 24.0 Å². The molecule has 0 aliphatic heterocycles. The van der Waals surface area contributed by atoms with E-state index >= 15 is 0 Å². The van der Waals surface area contributed by atoms with E-state index in [9.17, 15) is 0 Å². The first-order valence-corrected chi connectivity index (χ1v) is 8.46. The van der Waals surface area contributed by atoms with Gasteiger partial charge in [0, 0.05) is 27.8 Å². The summed E-state index contributed by atoms with van der Waals surface area (Å²) in [6.07, 6.45) is 0. The molecule has 0 aliphatic rings. The summed E-state index contributed by atoms with van der Waals surface area (Å²) >= 11 is 10.3. The van der Waals surface area contributed by atoms with Crippen molar-refractivity contribution >= 4 is 44.5 Å². The average molecular weight is 385 g/mol. The summed E-state index contributed by atoms with van der Waals surface area (Å²) in [4.78, 5) is 3.94. The van der Waals surface area contributed by atoms with Crippen molar-refractivity contribution in [3.8, 4) is 5.75 Å². The minimum Gasteiger partial charge on any atom is -0.496 e. The van der Waals surface area contributed by atoms with Gasteiger partial charge in [-0.1, -0.05) is 18.3 Å². The molecule has 112 valence electrons. The summed E-state index contributed by atoms with van der Waals surface area (Å²) in [5, 5.41) is 2.10. The molecule has 0 fully saturated rings. The van der Waals surface area contributed by atoms with Crippen molar-refractivity contribution in [2.45, 2.75) is 13.1 Å². The fourth-order valence-corrected chi connectivity index (χ4v) is 3.81. The number of benzene rings is 1. The van der Waals surface area contributed by atoms with Crippen LogP contribution in [0.4, 0.5) is 0 Å². The second kappa shape index (κ2) is 7.35. The Balaban J connectivity index is 2.06. The van der Waals surface area contributed by atoms with E-state index in [1.54, 1.807) is 18.4 Å². The van der Waals surface area contributed by atoms with Crippen LogP contribution in [0.1, 0.15) is 16.0 Å². The first-order valence-electron chi connectivity index (χ1n) is 6.37. The SMILES string of the molecule is COc1cc(CN(C)Cc2cc(Br)cs2)ccc1C(N)=S. The first kappa shape index (κ1) is 16.4. The highest BCUT2D eigenvalue weighted by Gasteiger charge is 2.09. The van der Waals surface area contributed by atoms with Crippen molar-refractivity contribution in [2.75, 3.05) is 14.2 Å². The van der Waals surface area contributed by atoms with Gasteiger partial charge in [-0.2, -0.15) is 0 Å². The summed E-state index contributed by atoms with van der Waals surface area (Å²) in [7, 11) is 3.73. The van der Waals surface area contributed by atoms with E-state index in [-0.39, 0.29) is 0 Å². The number of hydrogen-bond acceptors (Lipinski definition) is 4. The van der Waals surface area contributed by atoms with Crippen molar-refractivity contribution in [3.05, 3.63) is 50.1 Å². The van der Waals surface area contributed by atoms with Crippen LogP contribution in [0, 0.1) is 0 Å². The Hall–Kier alpha value is -0.950. The monoisotopic (exact) mass is 384 g/mol. The Bertz CT molecular complexity index is 642. The number of hydrogen-bond donors (Lipinski definition) is 1. The number of thiocarbonyl (C=S) groups is 1. The second-order valence-electron chi connectivity index (χ2n) is 4.80. The number of rotatable bonds is 6. The van der Waals surface area contributed by atoms with Crippen LogP contribution in [0.25, 0.3) is 0 Å². The fourth-order valence-electron chi connectivity index (χ4n) is 2.11. The quantitative estimate of drug-likeness (QED) is 0.768. The summed E-state index contributed by atoms with van der Waals surface area (Å²) in [6, 6.07) is 8.11. The molecular formula is C15H17BrN2OS2. The third kappa shape index (κ3) is 4.51. The zero-order valence-corrected chi connectivity index (χ0v) is 15.1. The standard InChI is InChI=1S/C15H17BrN2OS2/c1-18(8-12-6-11(16)9-21-12)7-10-3-4-13(15(17)20)14(5-10)19-2/h3-6,9H,7-8H2,1-2H3,(H2,17,20). The van der Waals surface area contributed by atoms with Gasteiger partial charge in [0.05, 0.1) is 12.7 Å². The Kier molecular flexibility index (Phi) is 5.75. The summed E-state index contributed by atoms with van der Waals surface area (Å²) < 4.78 is 6.50. The number of methoxy groups -OCH3 is 1. The van der Waals surface area contributed by atoms with Crippen molar-refractivity contribution in [3.63, 3.8) is 0 Å². The van der Waals surface area contributed by atoms with Gasteiger partial charge >= 0.3 is 0 Å². The highest BCUT2D eigenvalue weighted by Crippen LogP contribution is 2.23. The lowest BCUT2D eigenvalue weighted by Gasteiger charge is -2.17. The van der Waals surface area contributed by atoms with Gasteiger partial charge in [-0.3, -0.25) is 4.90 Å². The van der Waals surface area contributed by atoms with Crippen molar-refractivity contribution in [1.82, 2.24) is 4.90 Å². The molecule has 21 heavy (non-hydrogen) atoms. The Labute approximate surface area is 142 Å². The molecule has 0 saturated heterocycles. The van der Waals surface area contributed by atoms with Gasteiger partial charge in [-0.15, -0.1) is 11.3 Å². The van der Waals surface area contributed by atoms with E-state index < -0.39 is 0 Å². The van der Waals surface area contributed by atoms with Crippen molar-refractivity contribution in [2.24, 2.45) is 5.73 Å². The maximum absolute atomic E-state index is 5.68. The van der Waals surface area contributed by atoms with Crippen LogP contribution < -0.4 is 10.5 Å². The number of ether oxygens (including phenoxy) is 1. The third-order valence-corrected chi connectivity index (χ3v) is 4.93. The minimum atomic E-state index is 0.357. The number of halogens is 1. The molecule has 0 aliphatic carbocycles. The molecule has 2 N–H and O–H groups in total. The Morgan fingerprint density at radius 1 is 1.38 bits per heavy atom. The van der Waals surface area contributed by atoms with Gasteiger partial charge < -0.3 is 10.5 Å². The van der Waals surface area contributed by atoms with Crippen molar-refractivity contribution in [1.29, 1.82) is 0 Å². The zero-order valence-electron chi connectivity index (χ0n) is 11.9. The van der Waals surface area contributed by atoms with E-state index in [4.69, 9.17) is 22.7 Å². The van der Waals surface area contributed by atoms with Gasteiger partial charge in [0.1, 0.15) is 10.7 Å². The highest BCUT2D eigenvalue weighted by atomic mass is 79.9. The molecule has 0 saturated carbocycles. The Morgan fingerprint density at radius 2 is 2.14 bits per heavy atom. The lowest BCUT2D eigenvalue weighted by atomic mass is 10.1. The van der Waals surface area contributed by atoms with Gasteiger partial charge in [0.15, 0.2) is 0 Å². The van der Waals surface area contributed by atoms with Crippen LogP contribution >= 0.6 is 39.5 Å². The van der Waals surface area contributed by atoms with Crippen LogP contribution in [0.3, 0.4) is 0 Å². The van der Waals surface area contributed by atoms with Gasteiger partial charge in [-0.05, 0) is 46.7 Å². The largest absolute Gasteiger partial charge is 0.496 e. The number of nitrogens with zero attached hydrogens (tertiary/aromatic N) is 1. The molecule has 0 spiro atoms. The van der Waals surface area contributed by atoms with E-state index in [0.29, 0.717) is 4.99 Å². The van der Waals surface area contributed by atoms with Gasteiger partial charge in [0.25, 0.3) is 0 Å². The molecule has 2 aromatic rings. The first-order chi connectivity index (χ1) is 9.99. The lowest BCUT2D eigenvalue weighted by Crippen LogP contribution is -2.17. The van der Waals surface area contributed by atoms with Crippen LogP contribution in [0.2, 0.25) is 0 Å². The predicted molar refractivity (Wildman–Crippen MR) is 96.1 cm³/mol. The van der Waals surface area contributed by atoms with Crippen LogP contribution in [0.5, 0.6) is 5.75 Å². The topological polar surface area (TPSA) is 38.5 Å². The summed E-state index contributed by atoms with van der Waals surface area (Å²) in [5.74, 6) is 0.729. The minimum absolute atomic E-state index is 0.357. The predicted octanol–water partition coefficient (Wildman–Crippen LogP) is 3.79. The molecule has 3 nitrogen and oxygen atoms in total. The van der Waals surface area contributed by atoms with Gasteiger partial charge in [-0.25, -0.2) is 0 Å². The molecule has 0 amide bonds. The summed E-state index contributed by atoms with van der Waals surface area (Å²) in [6.45, 7) is 1.75. The molecule has 1 aromatic carbocycles. The lowest BCUT2D eigenvalue weighted by molar-refractivity contribution is 0.321. The molecule has 1 aromatic heterocycles. The molecule has 0 atom stereocenters. The third-order valence-electron chi connectivity index (χ3n) is 3.03. The molecule has 0 unspecified atom stereocenters. The van der Waals surface area contributed by atoms with E-state index in [1.807, 2.05) is 18.2 Å². The molecule has 0 bridgehead atoms. The number of thiophene rings is 1. The number of nitrogens with two attached hydrogens (primary N) is 1. The molecular weight excluding hydrogens is 368 g/mol. The molecule has 2 rings (SSSR count). The molecule has 1 heterocycles. The molecule has 6 heteroatoms. The average Bonchev–Trinajstić information content (AvgIpc) is 2.83. The van der Waals surface area contributed by atoms with Crippen LogP contribution in [-0.2, 0) is 13.1 Å². The van der Waals surface area contributed by atoms with E-state index in [2.05, 4.69) is 39.3 Å². The maximum Gasteiger partial charge on any atom is 0.129 e. The summed E-state index contributed by atoms with van der Waals surface area (Å²) in [5.41, 5.74) is 7.63. The smallest absolute Gasteiger partial charge is 0.129 e. The normalized spacial score (nSPS) is 10.9. The molecule has 0 radical (unpaired) electrons. The fraction of sp³-hybridized carbons (Fsp3) is 0.267.